The van der Waals surface area contributed by atoms with Crippen LogP contribution in [-0.4, -0.2) is 14.1 Å². The third-order valence-electron chi connectivity index (χ3n) is 3.51. The Morgan fingerprint density at radius 3 is 2.16 bits per heavy atom. The van der Waals surface area contributed by atoms with Crippen LogP contribution in [0.1, 0.15) is 13.8 Å². The van der Waals surface area contributed by atoms with Crippen molar-refractivity contribution in [1.29, 1.82) is 0 Å². The maximum atomic E-state index is 12.5. The Kier molecular flexibility index (Phi) is 3.16. The zero-order valence-electron chi connectivity index (χ0n) is 11.0. The topological polar surface area (TPSA) is 86.2 Å². The fourth-order valence-electron chi connectivity index (χ4n) is 1.87. The van der Waals surface area contributed by atoms with Crippen LogP contribution in [0.4, 0.5) is 0 Å². The summed E-state index contributed by atoms with van der Waals surface area (Å²) in [5.74, 6) is 0. The molecule has 0 aromatic heterocycles. The van der Waals surface area contributed by atoms with Crippen LogP contribution in [0.5, 0.6) is 0 Å². The second-order valence-electron chi connectivity index (χ2n) is 5.35. The molecule has 19 heavy (non-hydrogen) atoms. The molecule has 0 saturated heterocycles. The lowest BCUT2D eigenvalue weighted by molar-refractivity contribution is 0.287. The summed E-state index contributed by atoms with van der Waals surface area (Å²) in [4.78, 5) is 0.499. The van der Waals surface area contributed by atoms with Crippen molar-refractivity contribution in [3.05, 3.63) is 53.5 Å². The van der Waals surface area contributed by atoms with Gasteiger partial charge in [0.2, 0.25) is 9.84 Å². The standard InChI is InChI=1S/C14H18N2O2S/c1-13(2)10-12(8-9-14(13,15)16)19(17,18)11-6-4-3-5-7-11/h3-10H,15-16H2,1-2H3. The highest BCUT2D eigenvalue weighted by molar-refractivity contribution is 7.95. The van der Waals surface area contributed by atoms with E-state index in [0.29, 0.717) is 0 Å². The average molecular weight is 278 g/mol. The van der Waals surface area contributed by atoms with E-state index in [1.165, 1.54) is 6.08 Å². The van der Waals surface area contributed by atoms with Gasteiger partial charge in [0.15, 0.2) is 0 Å². The first kappa shape index (κ1) is 14.0. The third-order valence-corrected chi connectivity index (χ3v) is 5.27. The van der Waals surface area contributed by atoms with Crippen molar-refractivity contribution in [2.24, 2.45) is 16.9 Å². The SMILES string of the molecule is CC1(C)C=C(S(=O)(=O)c2ccccc2)C=CC1(N)N. The number of sulfone groups is 1. The van der Waals surface area contributed by atoms with Crippen molar-refractivity contribution in [1.82, 2.24) is 0 Å². The summed E-state index contributed by atoms with van der Waals surface area (Å²) >= 11 is 0. The molecule has 5 heteroatoms. The smallest absolute Gasteiger partial charge is 0.206 e. The zero-order valence-corrected chi connectivity index (χ0v) is 11.8. The highest BCUT2D eigenvalue weighted by Crippen LogP contribution is 2.36. The molecule has 0 atom stereocenters. The predicted octanol–water partition coefficient (Wildman–Crippen LogP) is 1.55. The first-order chi connectivity index (χ1) is 8.67. The molecule has 0 aliphatic heterocycles. The van der Waals surface area contributed by atoms with Crippen LogP contribution in [0.15, 0.2) is 58.4 Å². The second-order valence-corrected chi connectivity index (χ2v) is 7.30. The summed E-state index contributed by atoms with van der Waals surface area (Å²) in [6.45, 7) is 3.63. The molecule has 0 saturated carbocycles. The molecule has 1 aliphatic rings. The maximum Gasteiger partial charge on any atom is 0.206 e. The summed E-state index contributed by atoms with van der Waals surface area (Å²) in [6.07, 6.45) is 4.64. The lowest BCUT2D eigenvalue weighted by Crippen LogP contribution is -2.59. The Hall–Kier alpha value is -1.43. The lowest BCUT2D eigenvalue weighted by Gasteiger charge is -2.39. The first-order valence-electron chi connectivity index (χ1n) is 5.97. The van der Waals surface area contributed by atoms with Crippen molar-refractivity contribution < 1.29 is 8.42 Å². The molecule has 4 N–H and O–H groups in total. The van der Waals surface area contributed by atoms with E-state index >= 15 is 0 Å². The fourth-order valence-corrected chi connectivity index (χ4v) is 3.35. The summed E-state index contributed by atoms with van der Waals surface area (Å²) in [7, 11) is -3.52. The molecule has 0 heterocycles. The minimum atomic E-state index is -3.52. The molecule has 2 rings (SSSR count). The van der Waals surface area contributed by atoms with E-state index < -0.39 is 20.9 Å². The van der Waals surface area contributed by atoms with Gasteiger partial charge in [0, 0.05) is 5.41 Å². The van der Waals surface area contributed by atoms with Gasteiger partial charge in [-0.15, -0.1) is 0 Å². The molecule has 0 bridgehead atoms. The number of rotatable bonds is 2. The van der Waals surface area contributed by atoms with Gasteiger partial charge < -0.3 is 11.5 Å². The van der Waals surface area contributed by atoms with Gasteiger partial charge in [0.05, 0.1) is 15.5 Å². The van der Waals surface area contributed by atoms with Gasteiger partial charge in [0.25, 0.3) is 0 Å². The summed E-state index contributed by atoms with van der Waals surface area (Å²) in [5, 5.41) is 0. The lowest BCUT2D eigenvalue weighted by atomic mass is 9.77. The Bertz CT molecular complexity index is 641. The second kappa shape index (κ2) is 4.30. The van der Waals surface area contributed by atoms with Gasteiger partial charge in [-0.05, 0) is 24.3 Å². The third kappa shape index (κ3) is 2.36. The van der Waals surface area contributed by atoms with E-state index in [-0.39, 0.29) is 9.80 Å². The summed E-state index contributed by atoms with van der Waals surface area (Å²) < 4.78 is 25.0. The van der Waals surface area contributed by atoms with Crippen molar-refractivity contribution in [2.45, 2.75) is 24.4 Å². The zero-order chi connectivity index (χ0) is 14.3. The fraction of sp³-hybridized carbons (Fsp3) is 0.286. The molecule has 0 spiro atoms. The monoisotopic (exact) mass is 278 g/mol. The van der Waals surface area contributed by atoms with Crippen LogP contribution in [0.3, 0.4) is 0 Å². The molecule has 1 aromatic carbocycles. The highest BCUT2D eigenvalue weighted by atomic mass is 32.2. The number of nitrogens with two attached hydrogens (primary N) is 2. The van der Waals surface area contributed by atoms with E-state index in [2.05, 4.69) is 0 Å². The van der Waals surface area contributed by atoms with Crippen molar-refractivity contribution in [2.75, 3.05) is 0 Å². The predicted molar refractivity (Wildman–Crippen MR) is 75.7 cm³/mol. The van der Waals surface area contributed by atoms with Crippen molar-refractivity contribution in [3.8, 4) is 0 Å². The molecule has 0 unspecified atom stereocenters. The Morgan fingerprint density at radius 1 is 1.05 bits per heavy atom. The van der Waals surface area contributed by atoms with Crippen LogP contribution < -0.4 is 11.5 Å². The first-order valence-corrected chi connectivity index (χ1v) is 7.45. The molecule has 0 fully saturated rings. The van der Waals surface area contributed by atoms with Crippen molar-refractivity contribution >= 4 is 9.84 Å². The number of allylic oxidation sites excluding steroid dienone is 1. The van der Waals surface area contributed by atoms with Gasteiger partial charge in [-0.2, -0.15) is 0 Å². The van der Waals surface area contributed by atoms with Crippen LogP contribution in [-0.2, 0) is 9.84 Å². The molecule has 0 amide bonds. The van der Waals surface area contributed by atoms with E-state index in [1.807, 2.05) is 13.8 Å². The Morgan fingerprint density at radius 2 is 1.63 bits per heavy atom. The summed E-state index contributed by atoms with van der Waals surface area (Å²) in [5.41, 5.74) is 10.2. The van der Waals surface area contributed by atoms with Crippen LogP contribution in [0.2, 0.25) is 0 Å². The van der Waals surface area contributed by atoms with Gasteiger partial charge in [-0.1, -0.05) is 38.1 Å². The van der Waals surface area contributed by atoms with Gasteiger partial charge >= 0.3 is 0 Å². The number of hydrogen-bond acceptors (Lipinski definition) is 4. The molecule has 1 aliphatic carbocycles. The molecular weight excluding hydrogens is 260 g/mol. The van der Waals surface area contributed by atoms with E-state index in [1.54, 1.807) is 42.5 Å². The molecule has 0 radical (unpaired) electrons. The van der Waals surface area contributed by atoms with E-state index in [0.717, 1.165) is 0 Å². The van der Waals surface area contributed by atoms with Gasteiger partial charge in [-0.25, -0.2) is 8.42 Å². The van der Waals surface area contributed by atoms with E-state index in [4.69, 9.17) is 11.5 Å². The van der Waals surface area contributed by atoms with Gasteiger partial charge in [0.1, 0.15) is 0 Å². The van der Waals surface area contributed by atoms with Gasteiger partial charge in [-0.3, -0.25) is 0 Å². The Balaban J connectivity index is 2.51. The minimum Gasteiger partial charge on any atom is -0.309 e. The largest absolute Gasteiger partial charge is 0.309 e. The quantitative estimate of drug-likeness (QED) is 0.804. The summed E-state index contributed by atoms with van der Waals surface area (Å²) in [6, 6.07) is 8.31. The van der Waals surface area contributed by atoms with Crippen molar-refractivity contribution in [3.63, 3.8) is 0 Å². The molecule has 4 nitrogen and oxygen atoms in total. The molecular formula is C14H18N2O2S. The molecule has 102 valence electrons. The number of hydrogen-bond donors (Lipinski definition) is 2. The average Bonchev–Trinajstić information content (AvgIpc) is 2.34. The van der Waals surface area contributed by atoms with E-state index in [9.17, 15) is 8.42 Å². The Labute approximate surface area is 113 Å². The normalized spacial score (nSPS) is 20.9. The molecule has 1 aromatic rings. The van der Waals surface area contributed by atoms with Crippen LogP contribution in [0.25, 0.3) is 0 Å². The van der Waals surface area contributed by atoms with Crippen LogP contribution in [0, 0.1) is 5.41 Å². The minimum absolute atomic E-state index is 0.232. The van der Waals surface area contributed by atoms with Crippen LogP contribution >= 0.6 is 0 Å². The number of benzene rings is 1. The maximum absolute atomic E-state index is 12.5. The highest BCUT2D eigenvalue weighted by Gasteiger charge is 2.39.